The maximum atomic E-state index is 12.2. The van der Waals surface area contributed by atoms with Gasteiger partial charge in [-0.3, -0.25) is 4.79 Å². The second-order valence-corrected chi connectivity index (χ2v) is 7.28. The number of fused-ring (bicyclic) bond motifs is 1. The molecule has 1 aromatic rings. The van der Waals surface area contributed by atoms with Gasteiger partial charge in [0.1, 0.15) is 4.90 Å². The summed E-state index contributed by atoms with van der Waals surface area (Å²) in [7, 11) is -3.83. The van der Waals surface area contributed by atoms with Crippen molar-refractivity contribution in [2.45, 2.75) is 15.6 Å². The van der Waals surface area contributed by atoms with Crippen LogP contribution in [0.2, 0.25) is 0 Å². The maximum absolute atomic E-state index is 12.2. The lowest BCUT2D eigenvalue weighted by Crippen LogP contribution is -2.38. The van der Waals surface area contributed by atoms with E-state index in [0.717, 1.165) is 4.31 Å². The zero-order valence-electron chi connectivity index (χ0n) is 9.59. The summed E-state index contributed by atoms with van der Waals surface area (Å²) < 4.78 is 25.2. The second-order valence-electron chi connectivity index (χ2n) is 4.02. The minimum absolute atomic E-state index is 0.000799. The molecule has 1 aromatic carbocycles. The maximum Gasteiger partial charge on any atom is 0.269 e. The fourth-order valence-electron chi connectivity index (χ4n) is 1.78. The van der Waals surface area contributed by atoms with Crippen LogP contribution in [0.4, 0.5) is 0 Å². The molecule has 0 unspecified atom stereocenters. The van der Waals surface area contributed by atoms with Crippen LogP contribution < -0.4 is 0 Å². The number of amides is 1. The molecule has 0 saturated heterocycles. The molecule has 104 valence electrons. The lowest BCUT2D eigenvalue weighted by atomic mass is 10.2. The number of hydrogen-bond donors (Lipinski definition) is 0. The van der Waals surface area contributed by atoms with Gasteiger partial charge in [-0.1, -0.05) is 12.1 Å². The largest absolute Gasteiger partial charge is 0.269 e. The molecule has 1 heterocycles. The summed E-state index contributed by atoms with van der Waals surface area (Å²) in [5, 5.41) is -1.36. The Kier molecular flexibility index (Phi) is 4.30. The molecular formula is C11H10Cl3NO3S. The molecule has 19 heavy (non-hydrogen) atoms. The molecule has 0 fully saturated rings. The summed E-state index contributed by atoms with van der Waals surface area (Å²) in [6.45, 7) is -0.196. The summed E-state index contributed by atoms with van der Waals surface area (Å²) in [5.74, 6) is -0.509. The molecule has 0 N–H and O–H groups in total. The van der Waals surface area contributed by atoms with E-state index in [2.05, 4.69) is 0 Å². The van der Waals surface area contributed by atoms with Gasteiger partial charge < -0.3 is 0 Å². The highest BCUT2D eigenvalue weighted by Gasteiger charge is 2.42. The second kappa shape index (κ2) is 5.48. The SMILES string of the molecule is O=C1c2ccccc2S(=O)(=O)N1C[C@H](Cl)[C@H](Cl)CCl. The van der Waals surface area contributed by atoms with Gasteiger partial charge in [-0.15, -0.1) is 34.8 Å². The zero-order chi connectivity index (χ0) is 14.2. The Morgan fingerprint density at radius 1 is 1.16 bits per heavy atom. The van der Waals surface area contributed by atoms with Crippen molar-refractivity contribution >= 4 is 50.7 Å². The van der Waals surface area contributed by atoms with Gasteiger partial charge in [-0.05, 0) is 12.1 Å². The molecule has 1 aliphatic heterocycles. The number of halogens is 3. The van der Waals surface area contributed by atoms with E-state index in [-0.39, 0.29) is 22.9 Å². The van der Waals surface area contributed by atoms with E-state index in [9.17, 15) is 13.2 Å². The van der Waals surface area contributed by atoms with Crippen LogP contribution in [0, 0.1) is 0 Å². The lowest BCUT2D eigenvalue weighted by Gasteiger charge is -2.20. The van der Waals surface area contributed by atoms with Crippen molar-refractivity contribution in [3.63, 3.8) is 0 Å². The first-order valence-electron chi connectivity index (χ1n) is 5.39. The monoisotopic (exact) mass is 341 g/mol. The Morgan fingerprint density at radius 2 is 1.79 bits per heavy atom. The quantitative estimate of drug-likeness (QED) is 0.789. The lowest BCUT2D eigenvalue weighted by molar-refractivity contribution is 0.0871. The van der Waals surface area contributed by atoms with E-state index in [0.29, 0.717) is 0 Å². The predicted octanol–water partition coefficient (Wildman–Crippen LogP) is 2.28. The van der Waals surface area contributed by atoms with Crippen LogP contribution in [0.15, 0.2) is 29.2 Å². The van der Waals surface area contributed by atoms with Gasteiger partial charge in [0.25, 0.3) is 15.9 Å². The highest BCUT2D eigenvalue weighted by molar-refractivity contribution is 7.90. The van der Waals surface area contributed by atoms with Crippen LogP contribution in [0.1, 0.15) is 10.4 Å². The topological polar surface area (TPSA) is 54.5 Å². The van der Waals surface area contributed by atoms with E-state index in [1.165, 1.54) is 12.1 Å². The van der Waals surface area contributed by atoms with E-state index >= 15 is 0 Å². The first-order valence-corrected chi connectivity index (χ1v) is 8.24. The van der Waals surface area contributed by atoms with Crippen molar-refractivity contribution in [3.8, 4) is 0 Å². The van der Waals surface area contributed by atoms with Crippen LogP contribution in [0.3, 0.4) is 0 Å². The first kappa shape index (κ1) is 14.9. The Labute approximate surface area is 126 Å². The minimum Gasteiger partial charge on any atom is -0.268 e. The molecule has 0 aromatic heterocycles. The number of carbonyl (C=O) groups excluding carboxylic acids is 1. The van der Waals surface area contributed by atoms with Crippen molar-refractivity contribution in [3.05, 3.63) is 29.8 Å². The summed E-state index contributed by atoms with van der Waals surface area (Å²) in [4.78, 5) is 12.1. The van der Waals surface area contributed by atoms with Crippen LogP contribution in [0.25, 0.3) is 0 Å². The average molecular weight is 343 g/mol. The third-order valence-electron chi connectivity index (χ3n) is 2.79. The van der Waals surface area contributed by atoms with Gasteiger partial charge in [0, 0.05) is 5.88 Å². The third-order valence-corrected chi connectivity index (χ3v) is 6.12. The van der Waals surface area contributed by atoms with Crippen molar-refractivity contribution in [1.82, 2.24) is 4.31 Å². The van der Waals surface area contributed by atoms with Crippen LogP contribution >= 0.6 is 34.8 Å². The Morgan fingerprint density at radius 3 is 2.37 bits per heavy atom. The van der Waals surface area contributed by atoms with Crippen molar-refractivity contribution in [2.24, 2.45) is 0 Å². The van der Waals surface area contributed by atoms with Crippen LogP contribution in [-0.4, -0.2) is 41.8 Å². The molecule has 1 amide bonds. The predicted molar refractivity (Wildman–Crippen MR) is 74.7 cm³/mol. The molecular weight excluding hydrogens is 333 g/mol. The van der Waals surface area contributed by atoms with E-state index in [4.69, 9.17) is 34.8 Å². The number of benzene rings is 1. The molecule has 0 spiro atoms. The minimum atomic E-state index is -3.83. The van der Waals surface area contributed by atoms with E-state index < -0.39 is 26.7 Å². The summed E-state index contributed by atoms with van der Waals surface area (Å²) in [5.41, 5.74) is 0.156. The summed E-state index contributed by atoms with van der Waals surface area (Å²) in [6, 6.07) is 6.04. The van der Waals surface area contributed by atoms with Crippen LogP contribution in [-0.2, 0) is 10.0 Å². The Balaban J connectivity index is 2.33. The van der Waals surface area contributed by atoms with E-state index in [1.807, 2.05) is 0 Å². The number of rotatable bonds is 4. The summed E-state index contributed by atoms with van der Waals surface area (Å²) in [6.07, 6.45) is 0. The van der Waals surface area contributed by atoms with Gasteiger partial charge in [0.15, 0.2) is 0 Å². The zero-order valence-corrected chi connectivity index (χ0v) is 12.7. The fourth-order valence-corrected chi connectivity index (χ4v) is 4.07. The smallest absolute Gasteiger partial charge is 0.268 e. The van der Waals surface area contributed by atoms with Crippen molar-refractivity contribution < 1.29 is 13.2 Å². The highest BCUT2D eigenvalue weighted by Crippen LogP contribution is 2.31. The van der Waals surface area contributed by atoms with Gasteiger partial charge in [-0.2, -0.15) is 0 Å². The van der Waals surface area contributed by atoms with Crippen molar-refractivity contribution in [2.75, 3.05) is 12.4 Å². The molecule has 0 radical (unpaired) electrons. The molecule has 0 aliphatic carbocycles. The number of sulfonamides is 1. The van der Waals surface area contributed by atoms with Gasteiger partial charge >= 0.3 is 0 Å². The number of hydrogen-bond acceptors (Lipinski definition) is 3. The first-order chi connectivity index (χ1) is 8.89. The van der Waals surface area contributed by atoms with Gasteiger partial charge in [0.2, 0.25) is 0 Å². The molecule has 0 bridgehead atoms. The number of nitrogens with zero attached hydrogens (tertiary/aromatic N) is 1. The van der Waals surface area contributed by atoms with Gasteiger partial charge in [0.05, 0.1) is 22.9 Å². The average Bonchev–Trinajstić information content (AvgIpc) is 2.59. The summed E-state index contributed by atoms with van der Waals surface area (Å²) >= 11 is 17.4. The standard InChI is InChI=1S/C11H10Cl3NO3S/c12-5-8(13)9(14)6-15-11(16)7-3-1-2-4-10(7)19(15,17)18/h1-4,8-9H,5-6H2/t8-,9+/m1/s1. The van der Waals surface area contributed by atoms with E-state index in [1.54, 1.807) is 12.1 Å². The molecule has 2 atom stereocenters. The molecule has 1 aliphatic rings. The Bertz CT molecular complexity index is 605. The normalized spacial score (nSPS) is 20.2. The molecule has 0 saturated carbocycles. The van der Waals surface area contributed by atoms with Crippen LogP contribution in [0.5, 0.6) is 0 Å². The molecule has 2 rings (SSSR count). The number of carbonyl (C=O) groups is 1. The fraction of sp³-hybridized carbons (Fsp3) is 0.364. The molecule has 4 nitrogen and oxygen atoms in total. The highest BCUT2D eigenvalue weighted by atomic mass is 35.5. The van der Waals surface area contributed by atoms with Crippen molar-refractivity contribution in [1.29, 1.82) is 0 Å². The third kappa shape index (κ3) is 2.57. The molecule has 8 heteroatoms. The Hall–Kier alpha value is -0.490. The van der Waals surface area contributed by atoms with Gasteiger partial charge in [-0.25, -0.2) is 12.7 Å². The number of alkyl halides is 3.